The Morgan fingerprint density at radius 1 is 1.27 bits per heavy atom. The van der Waals surface area contributed by atoms with E-state index in [1.165, 1.54) is 4.01 Å². The first-order valence-electron chi connectivity index (χ1n) is 2.92. The van der Waals surface area contributed by atoms with Crippen LogP contribution in [0, 0.1) is 0 Å². The molecule has 0 aromatic carbocycles. The summed E-state index contributed by atoms with van der Waals surface area (Å²) in [4.78, 5) is 0. The van der Waals surface area contributed by atoms with Crippen LogP contribution in [-0.2, 0) is 0 Å². The minimum atomic E-state index is -4.16. The summed E-state index contributed by atoms with van der Waals surface area (Å²) in [5, 5.41) is 0. The molecule has 0 aliphatic carbocycles. The zero-order chi connectivity index (χ0) is 8.48. The molecule has 0 saturated heterocycles. The van der Waals surface area contributed by atoms with Crippen LogP contribution in [0.25, 0.3) is 0 Å². The van der Waals surface area contributed by atoms with Crippen LogP contribution in [-0.4, -0.2) is 10.2 Å². The van der Waals surface area contributed by atoms with Crippen LogP contribution in [0.1, 0.15) is 6.92 Å². The Morgan fingerprint density at radius 3 is 2.27 bits per heavy atom. The van der Waals surface area contributed by atoms with Crippen molar-refractivity contribution in [1.29, 1.82) is 0 Å². The third-order valence-electron chi connectivity index (χ3n) is 1.16. The molecule has 0 aromatic rings. The lowest BCUT2D eigenvalue weighted by Crippen LogP contribution is -2.12. The third kappa shape index (κ3) is 2.43. The van der Waals surface area contributed by atoms with Gasteiger partial charge in [0.25, 0.3) is 0 Å². The summed E-state index contributed by atoms with van der Waals surface area (Å²) >= 11 is -0.506. The SMILES string of the molecule is CC1=CC=C(C(F)(F)F)C=I1. The number of hydrogen-bond acceptors (Lipinski definition) is 0. The second-order valence-electron chi connectivity index (χ2n) is 2.09. The van der Waals surface area contributed by atoms with Crippen molar-refractivity contribution in [3.63, 3.8) is 0 Å². The predicted octanol–water partition coefficient (Wildman–Crippen LogP) is 3.17. The first-order valence-corrected chi connectivity index (χ1v) is 5.25. The molecule has 11 heavy (non-hydrogen) atoms. The lowest BCUT2D eigenvalue weighted by Gasteiger charge is -2.08. The lowest BCUT2D eigenvalue weighted by molar-refractivity contribution is -0.0853. The van der Waals surface area contributed by atoms with Gasteiger partial charge in [0.05, 0.1) is 5.57 Å². The van der Waals surface area contributed by atoms with Gasteiger partial charge >= 0.3 is 6.18 Å². The van der Waals surface area contributed by atoms with E-state index >= 15 is 0 Å². The number of alkyl halides is 3. The quantitative estimate of drug-likeness (QED) is 0.595. The monoisotopic (exact) mass is 274 g/mol. The van der Waals surface area contributed by atoms with Gasteiger partial charge in [0, 0.05) is 0 Å². The highest BCUT2D eigenvalue weighted by atomic mass is 127. The summed E-state index contributed by atoms with van der Waals surface area (Å²) in [5.74, 6) is 0. The molecule has 0 N–H and O–H groups in total. The Kier molecular flexibility index (Phi) is 2.51. The van der Waals surface area contributed by atoms with Crippen LogP contribution in [0.2, 0.25) is 0 Å². The highest BCUT2D eigenvalue weighted by Gasteiger charge is 2.31. The molecule has 0 bridgehead atoms. The summed E-state index contributed by atoms with van der Waals surface area (Å²) in [6.07, 6.45) is -1.47. The van der Waals surface area contributed by atoms with Gasteiger partial charge in [0.2, 0.25) is 0 Å². The van der Waals surface area contributed by atoms with Crippen molar-refractivity contribution >= 4 is 24.7 Å². The van der Waals surface area contributed by atoms with Crippen molar-refractivity contribution in [1.82, 2.24) is 0 Å². The van der Waals surface area contributed by atoms with Crippen LogP contribution < -0.4 is 0 Å². The van der Waals surface area contributed by atoms with Crippen molar-refractivity contribution in [2.24, 2.45) is 0 Å². The van der Waals surface area contributed by atoms with Gasteiger partial charge in [-0.3, -0.25) is 0 Å². The van der Waals surface area contributed by atoms with Crippen LogP contribution in [0.4, 0.5) is 13.2 Å². The van der Waals surface area contributed by atoms with E-state index in [2.05, 4.69) is 0 Å². The maximum absolute atomic E-state index is 12.0. The van der Waals surface area contributed by atoms with E-state index in [-0.39, 0.29) is 0 Å². The molecule has 0 nitrogen and oxygen atoms in total. The van der Waals surface area contributed by atoms with E-state index in [9.17, 15) is 13.2 Å². The summed E-state index contributed by atoms with van der Waals surface area (Å²) in [7, 11) is 0. The van der Waals surface area contributed by atoms with Crippen molar-refractivity contribution in [3.8, 4) is 0 Å². The first kappa shape index (κ1) is 8.96. The van der Waals surface area contributed by atoms with Crippen molar-refractivity contribution < 1.29 is 13.2 Å². The van der Waals surface area contributed by atoms with Gasteiger partial charge in [0.15, 0.2) is 0 Å². The van der Waals surface area contributed by atoms with Gasteiger partial charge in [-0.25, -0.2) is 0 Å². The molecule has 0 saturated carbocycles. The molecule has 1 rings (SSSR count). The Hall–Kier alpha value is -0.130. The molecule has 0 radical (unpaired) electrons. The first-order chi connectivity index (χ1) is 5.00. The van der Waals surface area contributed by atoms with Gasteiger partial charge in [-0.2, -0.15) is 13.2 Å². The molecule has 0 atom stereocenters. The van der Waals surface area contributed by atoms with E-state index in [0.717, 1.165) is 9.66 Å². The summed E-state index contributed by atoms with van der Waals surface area (Å²) in [6.45, 7) is 1.85. The molecule has 0 unspecified atom stereocenters. The molecule has 1 aliphatic rings. The highest BCUT2D eigenvalue weighted by Crippen LogP contribution is 2.29. The van der Waals surface area contributed by atoms with Crippen LogP contribution in [0.5, 0.6) is 0 Å². The molecule has 1 heterocycles. The number of halogens is 4. The molecule has 1 aliphatic heterocycles. The van der Waals surface area contributed by atoms with Crippen LogP contribution >= 0.6 is 20.7 Å². The van der Waals surface area contributed by atoms with Crippen LogP contribution in [0.3, 0.4) is 0 Å². The predicted molar refractivity (Wildman–Crippen MR) is 48.0 cm³/mol. The van der Waals surface area contributed by atoms with Gasteiger partial charge < -0.3 is 0 Å². The molecular formula is C7H6F3I. The minimum absolute atomic E-state index is 0.490. The maximum Gasteiger partial charge on any atom is 0.416 e. The molecule has 0 spiro atoms. The average Bonchev–Trinajstić information content (AvgIpc) is 1.86. The van der Waals surface area contributed by atoms with Gasteiger partial charge in [0.1, 0.15) is 0 Å². The van der Waals surface area contributed by atoms with E-state index < -0.39 is 32.5 Å². The number of hydrogen-bond donors (Lipinski definition) is 0. The largest absolute Gasteiger partial charge is 0.416 e. The molecule has 62 valence electrons. The Labute approximate surface area is 72.5 Å². The summed E-state index contributed by atoms with van der Waals surface area (Å²) in [5.41, 5.74) is -0.490. The Bertz CT molecular complexity index is 245. The Balaban J connectivity index is 2.89. The Morgan fingerprint density at radius 2 is 1.91 bits per heavy atom. The zero-order valence-corrected chi connectivity index (χ0v) is 7.90. The van der Waals surface area contributed by atoms with E-state index in [1.807, 2.05) is 6.92 Å². The van der Waals surface area contributed by atoms with Crippen molar-refractivity contribution in [2.75, 3.05) is 0 Å². The van der Waals surface area contributed by atoms with E-state index in [4.69, 9.17) is 0 Å². The summed E-state index contributed by atoms with van der Waals surface area (Å²) in [6, 6.07) is 0. The molecule has 0 aromatic heterocycles. The molecule has 0 fully saturated rings. The smallest absolute Gasteiger partial charge is 0.166 e. The van der Waals surface area contributed by atoms with Crippen molar-refractivity contribution in [2.45, 2.75) is 13.1 Å². The second-order valence-corrected chi connectivity index (χ2v) is 5.04. The zero-order valence-electron chi connectivity index (χ0n) is 5.74. The van der Waals surface area contributed by atoms with Crippen LogP contribution in [0.15, 0.2) is 21.3 Å². The van der Waals surface area contributed by atoms with Gasteiger partial charge in [-0.1, -0.05) is 26.8 Å². The fourth-order valence-corrected chi connectivity index (χ4v) is 2.35. The second kappa shape index (κ2) is 3.08. The fourth-order valence-electron chi connectivity index (χ4n) is 0.579. The van der Waals surface area contributed by atoms with E-state index in [0.29, 0.717) is 0 Å². The average molecular weight is 274 g/mol. The lowest BCUT2D eigenvalue weighted by atomic mass is 10.2. The van der Waals surface area contributed by atoms with E-state index in [1.54, 1.807) is 6.08 Å². The molecule has 4 heteroatoms. The normalized spacial score (nSPS) is 18.5. The summed E-state index contributed by atoms with van der Waals surface area (Å²) < 4.78 is 38.3. The standard InChI is InChI=1S/C7H6F3I/c1-5-2-3-6(4-11-5)7(8,9)10/h2-4H,1H3. The maximum atomic E-state index is 12.0. The van der Waals surface area contributed by atoms with Gasteiger partial charge in [-0.05, 0) is 20.6 Å². The molecular weight excluding hydrogens is 268 g/mol. The highest BCUT2D eigenvalue weighted by molar-refractivity contribution is 14.2. The number of allylic oxidation sites excluding steroid dienone is 4. The third-order valence-corrected chi connectivity index (χ3v) is 3.49. The number of rotatable bonds is 0. The minimum Gasteiger partial charge on any atom is -0.166 e. The van der Waals surface area contributed by atoms with Gasteiger partial charge in [-0.15, -0.1) is 0 Å². The molecule has 0 amide bonds. The topological polar surface area (TPSA) is 0 Å². The fraction of sp³-hybridized carbons (Fsp3) is 0.286. The van der Waals surface area contributed by atoms with Crippen molar-refractivity contribution in [3.05, 3.63) is 21.3 Å².